The minimum absolute atomic E-state index is 0.121. The molecule has 1 unspecified atom stereocenters. The van der Waals surface area contributed by atoms with Crippen molar-refractivity contribution < 1.29 is 4.79 Å². The highest BCUT2D eigenvalue weighted by Gasteiger charge is 2.11. The number of hydrogen-bond acceptors (Lipinski definition) is 3. The molecule has 1 aliphatic rings. The molecule has 0 amide bonds. The molecule has 0 radical (unpaired) electrons. The van der Waals surface area contributed by atoms with Gasteiger partial charge in [-0.05, 0) is 63.5 Å². The van der Waals surface area contributed by atoms with Crippen molar-refractivity contribution in [1.29, 1.82) is 0 Å². The number of hydrogen-bond donors (Lipinski definition) is 2. The number of carbonyl (C=O) groups excluding carboxylic acids is 1. The van der Waals surface area contributed by atoms with Gasteiger partial charge in [-0.2, -0.15) is 0 Å². The van der Waals surface area contributed by atoms with E-state index in [9.17, 15) is 4.79 Å². The van der Waals surface area contributed by atoms with Crippen LogP contribution < -0.4 is 10.6 Å². The number of ketones is 1. The quantitative estimate of drug-likeness (QED) is 0.786. The van der Waals surface area contributed by atoms with E-state index in [1.807, 2.05) is 24.3 Å². The van der Waals surface area contributed by atoms with Gasteiger partial charge in [0.15, 0.2) is 5.78 Å². The van der Waals surface area contributed by atoms with Gasteiger partial charge in [0.25, 0.3) is 0 Å². The summed E-state index contributed by atoms with van der Waals surface area (Å²) >= 11 is 0. The van der Waals surface area contributed by atoms with Gasteiger partial charge in [-0.15, -0.1) is 0 Å². The summed E-state index contributed by atoms with van der Waals surface area (Å²) < 4.78 is 0. The predicted molar refractivity (Wildman–Crippen MR) is 70.6 cm³/mol. The second-order valence-electron chi connectivity index (χ2n) is 4.66. The van der Waals surface area contributed by atoms with Crippen molar-refractivity contribution >= 4 is 11.5 Å². The van der Waals surface area contributed by atoms with Crippen molar-refractivity contribution in [3.63, 3.8) is 0 Å². The minimum Gasteiger partial charge on any atom is -0.382 e. The highest BCUT2D eigenvalue weighted by Crippen LogP contribution is 2.15. The van der Waals surface area contributed by atoms with E-state index >= 15 is 0 Å². The molecule has 0 saturated carbocycles. The molecule has 17 heavy (non-hydrogen) atoms. The number of rotatable bonds is 3. The fourth-order valence-electron chi connectivity index (χ4n) is 2.20. The van der Waals surface area contributed by atoms with Crippen molar-refractivity contribution in [3.8, 4) is 0 Å². The number of nitrogens with one attached hydrogen (secondary N) is 2. The molecule has 3 heteroatoms. The minimum atomic E-state index is 0.121. The van der Waals surface area contributed by atoms with Gasteiger partial charge >= 0.3 is 0 Å². The molecule has 1 aromatic rings. The first-order valence-corrected chi connectivity index (χ1v) is 6.34. The molecule has 0 bridgehead atoms. The van der Waals surface area contributed by atoms with Gasteiger partial charge in [-0.1, -0.05) is 0 Å². The second kappa shape index (κ2) is 5.82. The van der Waals surface area contributed by atoms with E-state index in [2.05, 4.69) is 10.6 Å². The summed E-state index contributed by atoms with van der Waals surface area (Å²) in [5, 5.41) is 6.94. The van der Waals surface area contributed by atoms with E-state index in [1.165, 1.54) is 12.8 Å². The summed E-state index contributed by atoms with van der Waals surface area (Å²) in [5.74, 6) is 0.121. The molecular formula is C14H20N2O. The van der Waals surface area contributed by atoms with Gasteiger partial charge in [0.1, 0.15) is 0 Å². The van der Waals surface area contributed by atoms with Crippen molar-refractivity contribution in [3.05, 3.63) is 29.8 Å². The van der Waals surface area contributed by atoms with Crippen LogP contribution in [0.1, 0.15) is 36.5 Å². The Balaban J connectivity index is 1.95. The SMILES string of the molecule is CC(=O)c1ccc(NC2CCCNCC2)cc1. The monoisotopic (exact) mass is 232 g/mol. The fraction of sp³-hybridized carbons (Fsp3) is 0.500. The molecule has 1 aromatic carbocycles. The molecule has 1 heterocycles. The zero-order valence-corrected chi connectivity index (χ0v) is 10.3. The van der Waals surface area contributed by atoms with Gasteiger partial charge in [0.05, 0.1) is 0 Å². The Morgan fingerprint density at radius 3 is 2.71 bits per heavy atom. The number of anilines is 1. The molecule has 1 atom stereocenters. The third kappa shape index (κ3) is 3.56. The van der Waals surface area contributed by atoms with E-state index in [-0.39, 0.29) is 5.78 Å². The zero-order valence-electron chi connectivity index (χ0n) is 10.3. The summed E-state index contributed by atoms with van der Waals surface area (Å²) in [6.45, 7) is 3.81. The summed E-state index contributed by atoms with van der Waals surface area (Å²) in [6, 6.07) is 8.32. The van der Waals surface area contributed by atoms with Crippen LogP contribution >= 0.6 is 0 Å². The standard InChI is InChI=1S/C14H20N2O/c1-11(17)12-4-6-14(7-5-12)16-13-3-2-9-15-10-8-13/h4-7,13,15-16H,2-3,8-10H2,1H3. The van der Waals surface area contributed by atoms with Crippen LogP contribution in [0, 0.1) is 0 Å². The number of Topliss-reactive ketones (excluding diaryl/α,β-unsaturated/α-hetero) is 1. The Morgan fingerprint density at radius 2 is 2.00 bits per heavy atom. The Labute approximate surface area is 103 Å². The third-order valence-corrected chi connectivity index (χ3v) is 3.24. The Bertz CT molecular complexity index is 364. The molecule has 1 aliphatic heterocycles. The van der Waals surface area contributed by atoms with E-state index < -0.39 is 0 Å². The highest BCUT2D eigenvalue weighted by molar-refractivity contribution is 5.94. The molecule has 1 saturated heterocycles. The van der Waals surface area contributed by atoms with Crippen LogP contribution in [0.25, 0.3) is 0 Å². The Kier molecular flexibility index (Phi) is 4.15. The summed E-state index contributed by atoms with van der Waals surface area (Å²) in [6.07, 6.45) is 3.60. The molecule has 0 spiro atoms. The lowest BCUT2D eigenvalue weighted by atomic mass is 10.1. The number of benzene rings is 1. The van der Waals surface area contributed by atoms with E-state index in [0.717, 1.165) is 30.8 Å². The van der Waals surface area contributed by atoms with Crippen molar-refractivity contribution in [2.24, 2.45) is 0 Å². The first-order chi connectivity index (χ1) is 8.25. The molecule has 1 fully saturated rings. The molecule has 3 nitrogen and oxygen atoms in total. The summed E-state index contributed by atoms with van der Waals surface area (Å²) in [7, 11) is 0. The topological polar surface area (TPSA) is 41.1 Å². The largest absolute Gasteiger partial charge is 0.382 e. The normalized spacial score (nSPS) is 20.6. The lowest BCUT2D eigenvalue weighted by Gasteiger charge is -2.17. The molecule has 2 rings (SSSR count). The fourth-order valence-corrected chi connectivity index (χ4v) is 2.20. The smallest absolute Gasteiger partial charge is 0.159 e. The highest BCUT2D eigenvalue weighted by atomic mass is 16.1. The Morgan fingerprint density at radius 1 is 1.24 bits per heavy atom. The van der Waals surface area contributed by atoms with Gasteiger partial charge in [0, 0.05) is 17.3 Å². The van der Waals surface area contributed by atoms with Gasteiger partial charge < -0.3 is 10.6 Å². The molecule has 0 aliphatic carbocycles. The van der Waals surface area contributed by atoms with Crippen LogP contribution in [0.2, 0.25) is 0 Å². The van der Waals surface area contributed by atoms with Crippen LogP contribution in [0.4, 0.5) is 5.69 Å². The van der Waals surface area contributed by atoms with Crippen molar-refractivity contribution in [1.82, 2.24) is 5.32 Å². The lowest BCUT2D eigenvalue weighted by molar-refractivity contribution is 0.101. The van der Waals surface area contributed by atoms with Crippen LogP contribution in [0.15, 0.2) is 24.3 Å². The number of carbonyl (C=O) groups is 1. The molecular weight excluding hydrogens is 212 g/mol. The van der Waals surface area contributed by atoms with Crippen LogP contribution in [-0.4, -0.2) is 24.9 Å². The van der Waals surface area contributed by atoms with Gasteiger partial charge in [-0.25, -0.2) is 0 Å². The first-order valence-electron chi connectivity index (χ1n) is 6.34. The van der Waals surface area contributed by atoms with Gasteiger partial charge in [-0.3, -0.25) is 4.79 Å². The Hall–Kier alpha value is -1.35. The molecule has 92 valence electrons. The van der Waals surface area contributed by atoms with Crippen molar-refractivity contribution in [2.45, 2.75) is 32.2 Å². The predicted octanol–water partition coefficient (Wildman–Crippen LogP) is 2.44. The van der Waals surface area contributed by atoms with E-state index in [4.69, 9.17) is 0 Å². The maximum Gasteiger partial charge on any atom is 0.159 e. The maximum atomic E-state index is 11.2. The lowest BCUT2D eigenvalue weighted by Crippen LogP contribution is -2.21. The van der Waals surface area contributed by atoms with Crippen LogP contribution in [-0.2, 0) is 0 Å². The molecule has 2 N–H and O–H groups in total. The first kappa shape index (κ1) is 12.1. The summed E-state index contributed by atoms with van der Waals surface area (Å²) in [5.41, 5.74) is 1.89. The molecule has 0 aromatic heterocycles. The average molecular weight is 232 g/mol. The third-order valence-electron chi connectivity index (χ3n) is 3.24. The summed E-state index contributed by atoms with van der Waals surface area (Å²) in [4.78, 5) is 11.2. The average Bonchev–Trinajstić information content (AvgIpc) is 2.58. The zero-order chi connectivity index (χ0) is 12.1. The maximum absolute atomic E-state index is 11.2. The van der Waals surface area contributed by atoms with Crippen LogP contribution in [0.3, 0.4) is 0 Å². The second-order valence-corrected chi connectivity index (χ2v) is 4.66. The van der Waals surface area contributed by atoms with Gasteiger partial charge in [0.2, 0.25) is 0 Å². The van der Waals surface area contributed by atoms with E-state index in [1.54, 1.807) is 6.92 Å². The van der Waals surface area contributed by atoms with Crippen LogP contribution in [0.5, 0.6) is 0 Å². The van der Waals surface area contributed by atoms with E-state index in [0.29, 0.717) is 6.04 Å². The van der Waals surface area contributed by atoms with Crippen molar-refractivity contribution in [2.75, 3.05) is 18.4 Å².